The summed E-state index contributed by atoms with van der Waals surface area (Å²) in [5, 5.41) is 10.5. The molecule has 27 heavy (non-hydrogen) atoms. The summed E-state index contributed by atoms with van der Waals surface area (Å²) in [6, 6.07) is 19.9. The number of benzene rings is 2. The van der Waals surface area contributed by atoms with E-state index in [-0.39, 0.29) is 12.0 Å². The quantitative estimate of drug-likeness (QED) is 0.750. The molecule has 144 valence electrons. The van der Waals surface area contributed by atoms with Crippen LogP contribution >= 0.6 is 0 Å². The van der Waals surface area contributed by atoms with Crippen molar-refractivity contribution in [2.24, 2.45) is 0 Å². The van der Waals surface area contributed by atoms with Crippen molar-refractivity contribution in [2.45, 2.75) is 50.9 Å². The average molecular weight is 367 g/mol. The third-order valence-corrected chi connectivity index (χ3v) is 5.71. The Hall–Kier alpha value is -2.17. The maximum absolute atomic E-state index is 12.2. The lowest BCUT2D eigenvalue weighted by Gasteiger charge is -2.36. The average Bonchev–Trinajstić information content (AvgIpc) is 3.03. The lowest BCUT2D eigenvalue weighted by Crippen LogP contribution is -2.44. The lowest BCUT2D eigenvalue weighted by molar-refractivity contribution is -0.163. The van der Waals surface area contributed by atoms with E-state index in [1.54, 1.807) is 0 Å². The Morgan fingerprint density at radius 2 is 1.81 bits per heavy atom. The first-order valence-electron chi connectivity index (χ1n) is 9.81. The Balaban J connectivity index is 1.73. The van der Waals surface area contributed by atoms with Crippen molar-refractivity contribution in [3.05, 3.63) is 71.8 Å². The van der Waals surface area contributed by atoms with Crippen LogP contribution in [0.3, 0.4) is 0 Å². The molecule has 3 atom stereocenters. The first-order valence-corrected chi connectivity index (χ1v) is 9.81. The summed E-state index contributed by atoms with van der Waals surface area (Å²) in [6.07, 6.45) is 1.31. The maximum Gasteiger partial charge on any atom is 0.306 e. The number of nitrogens with zero attached hydrogens (tertiary/aromatic N) is 1. The Kier molecular flexibility index (Phi) is 6.30. The predicted octanol–water partition coefficient (Wildman–Crippen LogP) is 4.05. The molecule has 0 amide bonds. The molecular formula is C23H29NO3. The number of hydrogen-bond donors (Lipinski definition) is 1. The fourth-order valence-electron chi connectivity index (χ4n) is 4.02. The first kappa shape index (κ1) is 19.6. The minimum absolute atomic E-state index is 0.0540. The Bertz CT molecular complexity index is 734. The SMILES string of the molecule is CCC(=O)OC1(c2ccccc2)CCN(CCC(O)c2ccccc2)C1C. The highest BCUT2D eigenvalue weighted by Crippen LogP contribution is 2.41. The number of carbonyl (C=O) groups excluding carboxylic acids is 1. The number of carbonyl (C=O) groups is 1. The van der Waals surface area contributed by atoms with Gasteiger partial charge in [0.05, 0.1) is 12.1 Å². The summed E-state index contributed by atoms with van der Waals surface area (Å²) >= 11 is 0. The molecular weight excluding hydrogens is 338 g/mol. The topological polar surface area (TPSA) is 49.8 Å². The molecule has 0 spiro atoms. The molecule has 1 fully saturated rings. The summed E-state index contributed by atoms with van der Waals surface area (Å²) in [7, 11) is 0. The highest BCUT2D eigenvalue weighted by molar-refractivity contribution is 5.70. The number of hydrogen-bond acceptors (Lipinski definition) is 4. The molecule has 1 aliphatic rings. The largest absolute Gasteiger partial charge is 0.452 e. The van der Waals surface area contributed by atoms with Gasteiger partial charge in [0.1, 0.15) is 0 Å². The van der Waals surface area contributed by atoms with Crippen LogP contribution in [0.25, 0.3) is 0 Å². The van der Waals surface area contributed by atoms with Crippen molar-refractivity contribution in [1.29, 1.82) is 0 Å². The van der Waals surface area contributed by atoms with Crippen LogP contribution in [0.1, 0.15) is 50.3 Å². The summed E-state index contributed by atoms with van der Waals surface area (Å²) < 4.78 is 6.03. The van der Waals surface area contributed by atoms with Crippen molar-refractivity contribution in [1.82, 2.24) is 4.90 Å². The molecule has 3 unspecified atom stereocenters. The van der Waals surface area contributed by atoms with Gasteiger partial charge in [0.25, 0.3) is 0 Å². The van der Waals surface area contributed by atoms with Gasteiger partial charge in [-0.1, -0.05) is 67.6 Å². The number of aliphatic hydroxyl groups is 1. The fourth-order valence-corrected chi connectivity index (χ4v) is 4.02. The van der Waals surface area contributed by atoms with Crippen molar-refractivity contribution >= 4 is 5.97 Å². The van der Waals surface area contributed by atoms with Gasteiger partial charge in [0.15, 0.2) is 5.60 Å². The molecule has 2 aromatic carbocycles. The third-order valence-electron chi connectivity index (χ3n) is 5.71. The van der Waals surface area contributed by atoms with Crippen LogP contribution in [0.5, 0.6) is 0 Å². The molecule has 0 radical (unpaired) electrons. The van der Waals surface area contributed by atoms with Crippen molar-refractivity contribution in [3.63, 3.8) is 0 Å². The number of likely N-dealkylation sites (tertiary alicyclic amines) is 1. The number of esters is 1. The van der Waals surface area contributed by atoms with E-state index in [2.05, 4.69) is 11.8 Å². The van der Waals surface area contributed by atoms with Crippen molar-refractivity contribution in [3.8, 4) is 0 Å². The smallest absolute Gasteiger partial charge is 0.306 e. The van der Waals surface area contributed by atoms with Crippen LogP contribution in [0.4, 0.5) is 0 Å². The Morgan fingerprint density at radius 3 is 2.44 bits per heavy atom. The normalized spacial score (nSPS) is 23.9. The van der Waals surface area contributed by atoms with E-state index >= 15 is 0 Å². The number of aliphatic hydroxyl groups excluding tert-OH is 1. The van der Waals surface area contributed by atoms with Gasteiger partial charge in [-0.05, 0) is 24.5 Å². The van der Waals surface area contributed by atoms with Gasteiger partial charge in [0, 0.05) is 25.9 Å². The van der Waals surface area contributed by atoms with Gasteiger partial charge in [-0.2, -0.15) is 0 Å². The first-order chi connectivity index (χ1) is 13.1. The van der Waals surface area contributed by atoms with Crippen LogP contribution in [-0.2, 0) is 15.1 Å². The van der Waals surface area contributed by atoms with Crippen LogP contribution in [0.2, 0.25) is 0 Å². The zero-order valence-corrected chi connectivity index (χ0v) is 16.2. The van der Waals surface area contributed by atoms with Crippen LogP contribution in [0.15, 0.2) is 60.7 Å². The van der Waals surface area contributed by atoms with Gasteiger partial charge in [-0.3, -0.25) is 9.69 Å². The number of rotatable bonds is 7. The van der Waals surface area contributed by atoms with E-state index in [1.165, 1.54) is 0 Å². The molecule has 0 bridgehead atoms. The molecule has 0 aliphatic carbocycles. The van der Waals surface area contributed by atoms with Gasteiger partial charge < -0.3 is 9.84 Å². The highest BCUT2D eigenvalue weighted by Gasteiger charge is 2.49. The second-order valence-corrected chi connectivity index (χ2v) is 7.26. The molecule has 2 aromatic rings. The molecule has 1 saturated heterocycles. The molecule has 1 aliphatic heterocycles. The second kappa shape index (κ2) is 8.68. The van der Waals surface area contributed by atoms with Crippen molar-refractivity contribution < 1.29 is 14.6 Å². The minimum Gasteiger partial charge on any atom is -0.452 e. The van der Waals surface area contributed by atoms with Gasteiger partial charge in [-0.15, -0.1) is 0 Å². The summed E-state index contributed by atoms with van der Waals surface area (Å²) in [5.41, 5.74) is 1.37. The van der Waals surface area contributed by atoms with Crippen LogP contribution < -0.4 is 0 Å². The minimum atomic E-state index is -0.619. The molecule has 0 saturated carbocycles. The zero-order valence-electron chi connectivity index (χ0n) is 16.2. The molecule has 1 N–H and O–H groups in total. The Morgan fingerprint density at radius 1 is 1.19 bits per heavy atom. The predicted molar refractivity (Wildman–Crippen MR) is 106 cm³/mol. The van der Waals surface area contributed by atoms with E-state index in [0.717, 1.165) is 30.6 Å². The van der Waals surface area contributed by atoms with Crippen LogP contribution in [-0.4, -0.2) is 35.1 Å². The summed E-state index contributed by atoms with van der Waals surface area (Å²) in [4.78, 5) is 14.5. The molecule has 3 rings (SSSR count). The number of ether oxygens (including phenoxy) is 1. The monoisotopic (exact) mass is 367 g/mol. The molecule has 4 nitrogen and oxygen atoms in total. The van der Waals surface area contributed by atoms with E-state index < -0.39 is 11.7 Å². The highest BCUT2D eigenvalue weighted by atomic mass is 16.6. The van der Waals surface area contributed by atoms with E-state index in [1.807, 2.05) is 67.6 Å². The third kappa shape index (κ3) is 4.23. The van der Waals surface area contributed by atoms with E-state index in [4.69, 9.17) is 4.74 Å². The zero-order chi connectivity index (χ0) is 19.3. The lowest BCUT2D eigenvalue weighted by atomic mass is 9.86. The summed E-state index contributed by atoms with van der Waals surface area (Å²) in [6.45, 7) is 5.55. The molecule has 4 heteroatoms. The van der Waals surface area contributed by atoms with Gasteiger partial charge >= 0.3 is 5.97 Å². The van der Waals surface area contributed by atoms with E-state index in [9.17, 15) is 9.90 Å². The standard InChI is InChI=1S/C23H29NO3/c1-3-22(26)27-23(20-12-8-5-9-13-20)15-17-24(18(23)2)16-14-21(25)19-10-6-4-7-11-19/h4-13,18,21,25H,3,14-17H2,1-2H3. The maximum atomic E-state index is 12.2. The van der Waals surface area contributed by atoms with Gasteiger partial charge in [0.2, 0.25) is 0 Å². The second-order valence-electron chi connectivity index (χ2n) is 7.26. The molecule has 1 heterocycles. The van der Waals surface area contributed by atoms with Gasteiger partial charge in [-0.25, -0.2) is 0 Å². The molecule has 0 aromatic heterocycles. The Labute approximate surface area is 161 Å². The van der Waals surface area contributed by atoms with Crippen LogP contribution in [0, 0.1) is 0 Å². The van der Waals surface area contributed by atoms with E-state index in [0.29, 0.717) is 12.8 Å². The summed E-state index contributed by atoms with van der Waals surface area (Å²) in [5.74, 6) is -0.170. The van der Waals surface area contributed by atoms with Crippen molar-refractivity contribution in [2.75, 3.05) is 13.1 Å². The fraction of sp³-hybridized carbons (Fsp3) is 0.435.